The molecule has 3 aliphatic rings. The Kier molecular flexibility index (Phi) is 10.5. The lowest BCUT2D eigenvalue weighted by Gasteiger charge is -2.27. The lowest BCUT2D eigenvalue weighted by molar-refractivity contribution is -0.139. The van der Waals surface area contributed by atoms with E-state index in [0.717, 1.165) is 83.1 Å². The number of halogens is 3. The largest absolute Gasteiger partial charge is 0.417 e. The summed E-state index contributed by atoms with van der Waals surface area (Å²) >= 11 is 1.20. The van der Waals surface area contributed by atoms with Crippen LogP contribution in [0.1, 0.15) is 36.1 Å². The van der Waals surface area contributed by atoms with E-state index in [1.54, 1.807) is 10.7 Å². The van der Waals surface area contributed by atoms with Crippen LogP contribution in [-0.4, -0.2) is 126 Å². The number of aliphatic hydroxyl groups excluding tert-OH is 1. The number of rotatable bonds is 10. The van der Waals surface area contributed by atoms with Gasteiger partial charge in [0.2, 0.25) is 10.0 Å². The first kappa shape index (κ1) is 32.7. The van der Waals surface area contributed by atoms with E-state index in [2.05, 4.69) is 21.7 Å². The molecule has 2 aromatic rings. The van der Waals surface area contributed by atoms with Crippen molar-refractivity contribution in [3.05, 3.63) is 35.0 Å². The number of aliphatic hydroxyl groups is 1. The van der Waals surface area contributed by atoms with E-state index in [9.17, 15) is 26.7 Å². The molecule has 0 saturated carbocycles. The summed E-state index contributed by atoms with van der Waals surface area (Å²) in [4.78, 5) is 6.95. The molecule has 3 aliphatic heterocycles. The highest BCUT2D eigenvalue weighted by Gasteiger charge is 2.35. The summed E-state index contributed by atoms with van der Waals surface area (Å²) in [5.74, 6) is 0.541. The number of fused-ring (bicyclic) bond motifs is 1. The van der Waals surface area contributed by atoms with E-state index in [1.165, 1.54) is 22.1 Å². The normalized spacial score (nSPS) is 20.8. The predicted octanol–water partition coefficient (Wildman–Crippen LogP) is 3.07. The zero-order valence-corrected chi connectivity index (χ0v) is 26.7. The minimum Gasteiger partial charge on any atom is -0.390 e. The van der Waals surface area contributed by atoms with E-state index >= 15 is 0 Å². The number of likely N-dealkylation sites (N-methyl/N-ethyl adjacent to an activating group) is 1. The first-order valence-corrected chi connectivity index (χ1v) is 17.9. The molecule has 5 rings (SSSR count). The van der Waals surface area contributed by atoms with Gasteiger partial charge in [0, 0.05) is 73.2 Å². The summed E-state index contributed by atoms with van der Waals surface area (Å²) in [6, 6.07) is 4.10. The molecule has 0 bridgehead atoms. The average Bonchev–Trinajstić information content (AvgIpc) is 3.53. The van der Waals surface area contributed by atoms with Gasteiger partial charge in [0.1, 0.15) is 0 Å². The highest BCUT2D eigenvalue weighted by Crippen LogP contribution is 2.40. The van der Waals surface area contributed by atoms with Crippen LogP contribution in [0, 0.1) is 0 Å². The van der Waals surface area contributed by atoms with Crippen LogP contribution >= 0.6 is 11.8 Å². The van der Waals surface area contributed by atoms with E-state index < -0.39 is 27.9 Å². The van der Waals surface area contributed by atoms with E-state index in [4.69, 9.17) is 5.10 Å². The maximum atomic E-state index is 14.0. The van der Waals surface area contributed by atoms with Crippen molar-refractivity contribution >= 4 is 21.8 Å². The molecule has 1 aromatic heterocycles. The minimum absolute atomic E-state index is 0.0938. The van der Waals surface area contributed by atoms with E-state index in [1.807, 2.05) is 0 Å². The standard InChI is InChI=1S/C29H43F3N6O3S2/c1-34-9-5-12-36(15-14-34)19-23(39)20-38-26-8-13-37(43(2,40)41)21-24(26)28(33-38)22-6-7-25(29(30,31)32)27(18-22)42-17-16-35-10-3-4-11-35/h6-7,18,23,39H,3-5,8-17,19-21H2,1-2H3. The van der Waals surface area contributed by atoms with Crippen molar-refractivity contribution in [3.8, 4) is 11.3 Å². The van der Waals surface area contributed by atoms with Crippen molar-refractivity contribution in [2.45, 2.75) is 55.9 Å². The topological polar surface area (TPSA) is 85.2 Å². The van der Waals surface area contributed by atoms with Gasteiger partial charge >= 0.3 is 6.18 Å². The van der Waals surface area contributed by atoms with Gasteiger partial charge in [-0.05, 0) is 64.6 Å². The number of nitrogens with zero attached hydrogens (tertiary/aromatic N) is 6. The number of benzene rings is 1. The van der Waals surface area contributed by atoms with Gasteiger partial charge < -0.3 is 14.9 Å². The monoisotopic (exact) mass is 644 g/mol. The molecule has 1 N–H and O–H groups in total. The van der Waals surface area contributed by atoms with Crippen molar-refractivity contribution in [1.82, 2.24) is 28.8 Å². The van der Waals surface area contributed by atoms with Gasteiger partial charge in [-0.1, -0.05) is 6.07 Å². The second-order valence-corrected chi connectivity index (χ2v) is 15.1. The molecule has 1 atom stereocenters. The Morgan fingerprint density at radius 2 is 1.74 bits per heavy atom. The number of thioether (sulfide) groups is 1. The van der Waals surface area contributed by atoms with Crippen molar-refractivity contribution in [1.29, 1.82) is 0 Å². The van der Waals surface area contributed by atoms with Crippen molar-refractivity contribution in [2.75, 3.05) is 78.0 Å². The van der Waals surface area contributed by atoms with Crippen LogP contribution in [0.25, 0.3) is 11.3 Å². The maximum Gasteiger partial charge on any atom is 0.417 e. The average molecular weight is 645 g/mol. The summed E-state index contributed by atoms with van der Waals surface area (Å²) in [6.45, 7) is 7.50. The molecule has 14 heteroatoms. The van der Waals surface area contributed by atoms with Gasteiger partial charge in [-0.15, -0.1) is 11.8 Å². The Morgan fingerprint density at radius 3 is 2.47 bits per heavy atom. The lowest BCUT2D eigenvalue weighted by atomic mass is 10.0. The summed E-state index contributed by atoms with van der Waals surface area (Å²) in [7, 11) is -1.39. The molecule has 1 aromatic carbocycles. The minimum atomic E-state index is -4.49. The second kappa shape index (κ2) is 13.8. The maximum absolute atomic E-state index is 14.0. The van der Waals surface area contributed by atoms with Gasteiger partial charge in [-0.2, -0.15) is 22.6 Å². The summed E-state index contributed by atoms with van der Waals surface area (Å²) < 4.78 is 70.0. The molecular formula is C29H43F3N6O3S2. The highest BCUT2D eigenvalue weighted by atomic mass is 32.2. The molecule has 2 saturated heterocycles. The van der Waals surface area contributed by atoms with Crippen molar-refractivity contribution in [3.63, 3.8) is 0 Å². The number of β-amino-alcohol motifs (C(OH)–C–C–N with tert-alkyl or cyclic N) is 1. The van der Waals surface area contributed by atoms with Crippen molar-refractivity contribution < 1.29 is 26.7 Å². The van der Waals surface area contributed by atoms with E-state index in [-0.39, 0.29) is 24.5 Å². The van der Waals surface area contributed by atoms with Crippen LogP contribution in [0.4, 0.5) is 13.2 Å². The van der Waals surface area contributed by atoms with Gasteiger partial charge in [0.25, 0.3) is 0 Å². The Morgan fingerprint density at radius 1 is 1.00 bits per heavy atom. The van der Waals surface area contributed by atoms with Crippen LogP contribution in [0.3, 0.4) is 0 Å². The van der Waals surface area contributed by atoms with E-state index in [0.29, 0.717) is 35.5 Å². The fourth-order valence-corrected chi connectivity index (χ4v) is 8.19. The third kappa shape index (κ3) is 8.33. The Labute approximate surface area is 257 Å². The lowest BCUT2D eigenvalue weighted by Crippen LogP contribution is -2.38. The third-order valence-electron chi connectivity index (χ3n) is 8.66. The quantitative estimate of drug-likeness (QED) is 0.396. The number of alkyl halides is 3. The fraction of sp³-hybridized carbons (Fsp3) is 0.690. The molecule has 0 amide bonds. The Bertz CT molecular complexity index is 1360. The zero-order chi connectivity index (χ0) is 30.8. The molecule has 0 radical (unpaired) electrons. The fourth-order valence-electron chi connectivity index (χ4n) is 6.28. The van der Waals surface area contributed by atoms with Crippen LogP contribution in [-0.2, 0) is 35.7 Å². The smallest absolute Gasteiger partial charge is 0.390 e. The molecule has 0 spiro atoms. The summed E-state index contributed by atoms with van der Waals surface area (Å²) in [5.41, 5.74) is 1.84. The molecule has 9 nitrogen and oxygen atoms in total. The van der Waals surface area contributed by atoms with Gasteiger partial charge in [-0.25, -0.2) is 8.42 Å². The number of sulfonamides is 1. The van der Waals surface area contributed by atoms with Gasteiger partial charge in [0.05, 0.1) is 30.2 Å². The van der Waals surface area contributed by atoms with Gasteiger partial charge in [0.15, 0.2) is 0 Å². The number of aromatic nitrogens is 2. The second-order valence-electron chi connectivity index (χ2n) is 12.0. The molecular weight excluding hydrogens is 601 g/mol. The van der Waals surface area contributed by atoms with Crippen LogP contribution in [0.2, 0.25) is 0 Å². The Balaban J connectivity index is 1.43. The Hall–Kier alpha value is -1.68. The molecule has 43 heavy (non-hydrogen) atoms. The summed E-state index contributed by atoms with van der Waals surface area (Å²) in [6.07, 6.45) is -0.346. The van der Waals surface area contributed by atoms with Crippen molar-refractivity contribution in [2.24, 2.45) is 0 Å². The summed E-state index contributed by atoms with van der Waals surface area (Å²) in [5, 5.41) is 15.9. The van der Waals surface area contributed by atoms with Gasteiger partial charge in [-0.3, -0.25) is 9.58 Å². The molecule has 2 fully saturated rings. The third-order valence-corrected chi connectivity index (χ3v) is 10.9. The first-order valence-electron chi connectivity index (χ1n) is 15.1. The highest BCUT2D eigenvalue weighted by molar-refractivity contribution is 7.99. The number of hydrogen-bond acceptors (Lipinski definition) is 8. The van der Waals surface area contributed by atoms with Crippen LogP contribution in [0.5, 0.6) is 0 Å². The molecule has 0 aliphatic carbocycles. The number of hydrogen-bond donors (Lipinski definition) is 1. The molecule has 1 unspecified atom stereocenters. The zero-order valence-electron chi connectivity index (χ0n) is 25.0. The van der Waals surface area contributed by atoms with Crippen LogP contribution < -0.4 is 0 Å². The molecule has 240 valence electrons. The van der Waals surface area contributed by atoms with Crippen LogP contribution in [0.15, 0.2) is 23.1 Å². The molecule has 4 heterocycles. The number of likely N-dealkylation sites (tertiary alicyclic amines) is 1. The predicted molar refractivity (Wildman–Crippen MR) is 163 cm³/mol. The first-order chi connectivity index (χ1) is 20.4. The SMILES string of the molecule is CN1CCCN(CC(O)Cn2nc(-c3ccc(C(F)(F)F)c(SCCN4CCCC4)c3)c3c2CCN(S(C)(=O)=O)C3)CC1.